The zero-order valence-electron chi connectivity index (χ0n) is 11.2. The lowest BCUT2D eigenvalue weighted by atomic mass is 9.77. The van der Waals surface area contributed by atoms with Gasteiger partial charge >= 0.3 is 0 Å². The number of halogens is 1. The van der Waals surface area contributed by atoms with Crippen LogP contribution in [0.1, 0.15) is 44.6 Å². The number of hydrogen-bond donors (Lipinski definition) is 2. The Morgan fingerprint density at radius 2 is 1.83 bits per heavy atom. The molecule has 2 nitrogen and oxygen atoms in total. The Morgan fingerprint density at radius 3 is 2.33 bits per heavy atom. The third kappa shape index (κ3) is 3.79. The van der Waals surface area contributed by atoms with Crippen LogP contribution in [-0.2, 0) is 5.41 Å². The third-order valence-corrected chi connectivity index (χ3v) is 3.66. The van der Waals surface area contributed by atoms with E-state index in [9.17, 15) is 9.50 Å². The van der Waals surface area contributed by atoms with Gasteiger partial charge in [0.2, 0.25) is 0 Å². The van der Waals surface area contributed by atoms with Gasteiger partial charge in [0.25, 0.3) is 0 Å². The van der Waals surface area contributed by atoms with Crippen LogP contribution >= 0.6 is 0 Å². The molecule has 0 heterocycles. The Balaban J connectivity index is 2.75. The average molecular weight is 253 g/mol. The van der Waals surface area contributed by atoms with Crippen LogP contribution in [0.2, 0.25) is 0 Å². The first-order chi connectivity index (χ1) is 8.68. The second-order valence-electron chi connectivity index (χ2n) is 4.96. The fourth-order valence-corrected chi connectivity index (χ4v) is 2.29. The molecule has 0 amide bonds. The standard InChI is InChI=1S/C15H24FNO/c1-2-3-4-5-10-15(11-17,12-18)13-6-8-14(16)9-7-13/h6-9,18H,2-5,10-12,17H2,1H3. The molecule has 1 rings (SSSR count). The molecule has 0 saturated carbocycles. The molecule has 1 atom stereocenters. The van der Waals surface area contributed by atoms with Crippen LogP contribution in [0.15, 0.2) is 24.3 Å². The maximum atomic E-state index is 12.9. The highest BCUT2D eigenvalue weighted by Gasteiger charge is 2.29. The highest BCUT2D eigenvalue weighted by atomic mass is 19.1. The maximum absolute atomic E-state index is 12.9. The van der Waals surface area contributed by atoms with Gasteiger partial charge in [-0.15, -0.1) is 0 Å². The van der Waals surface area contributed by atoms with Gasteiger partial charge in [-0.25, -0.2) is 4.39 Å². The van der Waals surface area contributed by atoms with Gasteiger partial charge in [0.1, 0.15) is 5.82 Å². The first-order valence-corrected chi connectivity index (χ1v) is 6.75. The van der Waals surface area contributed by atoms with E-state index in [1.807, 2.05) is 0 Å². The van der Waals surface area contributed by atoms with E-state index in [4.69, 9.17) is 5.73 Å². The van der Waals surface area contributed by atoms with E-state index in [2.05, 4.69) is 6.92 Å². The van der Waals surface area contributed by atoms with E-state index in [1.54, 1.807) is 12.1 Å². The molecule has 18 heavy (non-hydrogen) atoms. The summed E-state index contributed by atoms with van der Waals surface area (Å²) in [5.41, 5.74) is 6.37. The highest BCUT2D eigenvalue weighted by Crippen LogP contribution is 2.29. The summed E-state index contributed by atoms with van der Waals surface area (Å²) in [6.45, 7) is 2.57. The number of hydrogen-bond acceptors (Lipinski definition) is 2. The summed E-state index contributed by atoms with van der Waals surface area (Å²) in [5, 5.41) is 9.68. The van der Waals surface area contributed by atoms with Gasteiger partial charge in [0.15, 0.2) is 0 Å². The van der Waals surface area contributed by atoms with E-state index in [0.29, 0.717) is 6.54 Å². The fourth-order valence-electron chi connectivity index (χ4n) is 2.29. The minimum atomic E-state index is -0.415. The molecule has 102 valence electrons. The first kappa shape index (κ1) is 15.1. The van der Waals surface area contributed by atoms with Crippen molar-refractivity contribution in [2.45, 2.75) is 44.4 Å². The lowest BCUT2D eigenvalue weighted by Crippen LogP contribution is -2.38. The van der Waals surface area contributed by atoms with Crippen molar-refractivity contribution >= 4 is 0 Å². The van der Waals surface area contributed by atoms with Crippen LogP contribution in [0.25, 0.3) is 0 Å². The molecule has 0 aliphatic rings. The van der Waals surface area contributed by atoms with Gasteiger partial charge in [-0.2, -0.15) is 0 Å². The summed E-state index contributed by atoms with van der Waals surface area (Å²) in [7, 11) is 0. The second-order valence-corrected chi connectivity index (χ2v) is 4.96. The van der Waals surface area contributed by atoms with Crippen molar-refractivity contribution in [3.05, 3.63) is 35.6 Å². The number of aliphatic hydroxyl groups is 1. The minimum absolute atomic E-state index is 0.0151. The Morgan fingerprint density at radius 1 is 1.17 bits per heavy atom. The predicted molar refractivity (Wildman–Crippen MR) is 73.0 cm³/mol. The Labute approximate surface area is 109 Å². The van der Waals surface area contributed by atoms with Crippen LogP contribution in [0, 0.1) is 5.82 Å². The summed E-state index contributed by atoms with van der Waals surface area (Å²) in [4.78, 5) is 0. The number of unbranched alkanes of at least 4 members (excludes halogenated alkanes) is 3. The van der Waals surface area contributed by atoms with Crippen LogP contribution in [0.4, 0.5) is 4.39 Å². The van der Waals surface area contributed by atoms with Gasteiger partial charge in [0, 0.05) is 12.0 Å². The zero-order chi connectivity index (χ0) is 13.4. The first-order valence-electron chi connectivity index (χ1n) is 6.75. The molecular weight excluding hydrogens is 229 g/mol. The van der Waals surface area contributed by atoms with E-state index >= 15 is 0 Å². The van der Waals surface area contributed by atoms with Crippen molar-refractivity contribution in [3.63, 3.8) is 0 Å². The van der Waals surface area contributed by atoms with Crippen molar-refractivity contribution in [1.29, 1.82) is 0 Å². The Kier molecular flexibility index (Phi) is 6.30. The van der Waals surface area contributed by atoms with E-state index in [1.165, 1.54) is 25.0 Å². The van der Waals surface area contributed by atoms with Gasteiger partial charge in [-0.1, -0.05) is 44.7 Å². The second kappa shape index (κ2) is 7.49. The molecule has 1 unspecified atom stereocenters. The quantitative estimate of drug-likeness (QED) is 0.700. The van der Waals surface area contributed by atoms with Crippen molar-refractivity contribution in [1.82, 2.24) is 0 Å². The molecule has 1 aromatic rings. The molecule has 3 heteroatoms. The van der Waals surface area contributed by atoms with Crippen molar-refractivity contribution in [2.24, 2.45) is 5.73 Å². The summed E-state index contributed by atoms with van der Waals surface area (Å²) in [6.07, 6.45) is 5.44. The number of nitrogens with two attached hydrogens (primary N) is 1. The van der Waals surface area contributed by atoms with Gasteiger partial charge in [0.05, 0.1) is 6.61 Å². The summed E-state index contributed by atoms with van der Waals surface area (Å²) >= 11 is 0. The monoisotopic (exact) mass is 253 g/mol. The largest absolute Gasteiger partial charge is 0.395 e. The summed E-state index contributed by atoms with van der Waals surface area (Å²) in [5.74, 6) is -0.256. The molecule has 1 aromatic carbocycles. The molecule has 0 fully saturated rings. The molecular formula is C15H24FNO. The van der Waals surface area contributed by atoms with Crippen molar-refractivity contribution < 1.29 is 9.50 Å². The topological polar surface area (TPSA) is 46.2 Å². The smallest absolute Gasteiger partial charge is 0.123 e. The Bertz CT molecular complexity index is 333. The van der Waals surface area contributed by atoms with Gasteiger partial charge < -0.3 is 10.8 Å². The average Bonchev–Trinajstić information content (AvgIpc) is 2.41. The maximum Gasteiger partial charge on any atom is 0.123 e. The predicted octanol–water partition coefficient (Wildman–Crippen LogP) is 2.98. The van der Waals surface area contributed by atoms with E-state index in [0.717, 1.165) is 24.8 Å². The van der Waals surface area contributed by atoms with Crippen molar-refractivity contribution in [2.75, 3.05) is 13.2 Å². The van der Waals surface area contributed by atoms with Gasteiger partial charge in [-0.05, 0) is 24.1 Å². The third-order valence-electron chi connectivity index (χ3n) is 3.66. The summed E-state index contributed by atoms with van der Waals surface area (Å²) in [6, 6.07) is 6.33. The van der Waals surface area contributed by atoms with E-state index in [-0.39, 0.29) is 12.4 Å². The molecule has 0 bridgehead atoms. The Hall–Kier alpha value is -0.930. The fraction of sp³-hybridized carbons (Fsp3) is 0.600. The molecule has 0 spiro atoms. The zero-order valence-corrected chi connectivity index (χ0v) is 11.2. The van der Waals surface area contributed by atoms with Crippen LogP contribution in [0.3, 0.4) is 0 Å². The molecule has 0 aliphatic heterocycles. The van der Waals surface area contributed by atoms with Crippen molar-refractivity contribution in [3.8, 4) is 0 Å². The minimum Gasteiger partial charge on any atom is -0.395 e. The van der Waals surface area contributed by atoms with E-state index < -0.39 is 5.41 Å². The molecule has 0 saturated heterocycles. The number of aliphatic hydroxyl groups excluding tert-OH is 1. The molecule has 0 aliphatic carbocycles. The molecule has 3 N–H and O–H groups in total. The van der Waals surface area contributed by atoms with Crippen LogP contribution in [-0.4, -0.2) is 18.3 Å². The highest BCUT2D eigenvalue weighted by molar-refractivity contribution is 5.26. The lowest BCUT2D eigenvalue weighted by Gasteiger charge is -2.31. The van der Waals surface area contributed by atoms with Crippen LogP contribution < -0.4 is 5.73 Å². The summed E-state index contributed by atoms with van der Waals surface area (Å²) < 4.78 is 12.9. The number of rotatable bonds is 8. The normalized spacial score (nSPS) is 14.4. The molecule has 0 aromatic heterocycles. The number of benzene rings is 1. The molecule has 0 radical (unpaired) electrons. The van der Waals surface area contributed by atoms with Crippen LogP contribution in [0.5, 0.6) is 0 Å². The lowest BCUT2D eigenvalue weighted by molar-refractivity contribution is 0.184. The van der Waals surface area contributed by atoms with Gasteiger partial charge in [-0.3, -0.25) is 0 Å². The SMILES string of the molecule is CCCCCCC(CN)(CO)c1ccc(F)cc1.